The van der Waals surface area contributed by atoms with E-state index in [0.29, 0.717) is 18.3 Å². The zero-order valence-corrected chi connectivity index (χ0v) is 16.0. The molecule has 0 aliphatic carbocycles. The number of carbonyl (C=O) groups excluding carboxylic acids is 1. The fourth-order valence-electron chi connectivity index (χ4n) is 2.92. The lowest BCUT2D eigenvalue weighted by atomic mass is 10.0. The molecular weight excluding hydrogens is 318 g/mol. The molecule has 6 nitrogen and oxygen atoms in total. The highest BCUT2D eigenvalue weighted by Gasteiger charge is 2.30. The standard InChI is InChI=1S/C19H31N3O3/c1-14(2)13-25-16-7-6-15(12-17(16)24-5)18(19(23)21(3)4)22-10-8-20-9-11-22/h6-7,12,14,18,20H,8-11,13H2,1-5H3. The van der Waals surface area contributed by atoms with Gasteiger partial charge in [-0.2, -0.15) is 0 Å². The minimum Gasteiger partial charge on any atom is -0.493 e. The molecular formula is C19H31N3O3. The lowest BCUT2D eigenvalue weighted by Crippen LogP contribution is -2.49. The molecule has 1 fully saturated rings. The zero-order valence-electron chi connectivity index (χ0n) is 16.0. The molecule has 6 heteroatoms. The molecule has 1 unspecified atom stereocenters. The molecule has 1 saturated heterocycles. The predicted octanol–water partition coefficient (Wildman–Crippen LogP) is 1.76. The summed E-state index contributed by atoms with van der Waals surface area (Å²) in [4.78, 5) is 16.7. The van der Waals surface area contributed by atoms with Gasteiger partial charge >= 0.3 is 0 Å². The van der Waals surface area contributed by atoms with Gasteiger partial charge in [-0.05, 0) is 23.6 Å². The molecule has 140 valence electrons. The predicted molar refractivity (Wildman–Crippen MR) is 99.2 cm³/mol. The van der Waals surface area contributed by atoms with Crippen molar-refractivity contribution >= 4 is 5.91 Å². The van der Waals surface area contributed by atoms with Crippen molar-refractivity contribution in [1.82, 2.24) is 15.1 Å². The van der Waals surface area contributed by atoms with Crippen LogP contribution in [-0.4, -0.2) is 69.7 Å². The summed E-state index contributed by atoms with van der Waals surface area (Å²) in [5, 5.41) is 3.34. The van der Waals surface area contributed by atoms with Gasteiger partial charge in [0, 0.05) is 40.3 Å². The van der Waals surface area contributed by atoms with Crippen LogP contribution < -0.4 is 14.8 Å². The Morgan fingerprint density at radius 3 is 2.48 bits per heavy atom. The molecule has 25 heavy (non-hydrogen) atoms. The highest BCUT2D eigenvalue weighted by Crippen LogP contribution is 2.33. The van der Waals surface area contributed by atoms with Crippen LogP contribution in [0.3, 0.4) is 0 Å². The number of nitrogens with zero attached hydrogens (tertiary/aromatic N) is 2. The second-order valence-corrected chi connectivity index (χ2v) is 7.04. The van der Waals surface area contributed by atoms with Crippen molar-refractivity contribution in [2.75, 3.05) is 54.0 Å². The third kappa shape index (κ3) is 5.09. The van der Waals surface area contributed by atoms with Gasteiger partial charge in [-0.3, -0.25) is 9.69 Å². The maximum absolute atomic E-state index is 12.8. The lowest BCUT2D eigenvalue weighted by Gasteiger charge is -2.35. The van der Waals surface area contributed by atoms with Crippen LogP contribution in [0.2, 0.25) is 0 Å². The molecule has 0 saturated carbocycles. The molecule has 0 bridgehead atoms. The Bertz CT molecular complexity index is 569. The monoisotopic (exact) mass is 349 g/mol. The maximum atomic E-state index is 12.8. The van der Waals surface area contributed by atoms with Crippen LogP contribution in [0.5, 0.6) is 11.5 Å². The Morgan fingerprint density at radius 1 is 1.24 bits per heavy atom. The van der Waals surface area contributed by atoms with Crippen LogP contribution >= 0.6 is 0 Å². The second-order valence-electron chi connectivity index (χ2n) is 7.04. The number of carbonyl (C=O) groups is 1. The molecule has 1 heterocycles. The summed E-state index contributed by atoms with van der Waals surface area (Å²) >= 11 is 0. The van der Waals surface area contributed by atoms with Gasteiger partial charge in [0.25, 0.3) is 0 Å². The van der Waals surface area contributed by atoms with E-state index in [2.05, 4.69) is 24.1 Å². The minimum absolute atomic E-state index is 0.0831. The number of piperazine rings is 1. The van der Waals surface area contributed by atoms with Crippen molar-refractivity contribution in [3.63, 3.8) is 0 Å². The van der Waals surface area contributed by atoms with Crippen LogP contribution in [0.15, 0.2) is 18.2 Å². The summed E-state index contributed by atoms with van der Waals surface area (Å²) in [6.45, 7) is 8.33. The lowest BCUT2D eigenvalue weighted by molar-refractivity contribution is -0.135. The third-order valence-corrected chi connectivity index (χ3v) is 4.27. The fourth-order valence-corrected chi connectivity index (χ4v) is 2.92. The number of methoxy groups -OCH3 is 1. The van der Waals surface area contributed by atoms with E-state index in [1.54, 1.807) is 26.1 Å². The first kappa shape index (κ1) is 19.5. The van der Waals surface area contributed by atoms with Gasteiger partial charge in [-0.25, -0.2) is 0 Å². The second kappa shape index (κ2) is 9.06. The van der Waals surface area contributed by atoms with Crippen LogP contribution in [0.25, 0.3) is 0 Å². The summed E-state index contributed by atoms with van der Waals surface area (Å²) < 4.78 is 11.3. The van der Waals surface area contributed by atoms with E-state index in [-0.39, 0.29) is 11.9 Å². The third-order valence-electron chi connectivity index (χ3n) is 4.27. The van der Waals surface area contributed by atoms with E-state index in [1.807, 2.05) is 18.2 Å². The van der Waals surface area contributed by atoms with Crippen LogP contribution in [0.4, 0.5) is 0 Å². The topological polar surface area (TPSA) is 54.0 Å². The van der Waals surface area contributed by atoms with Gasteiger partial charge in [0.15, 0.2) is 11.5 Å². The Balaban J connectivity index is 2.30. The molecule has 1 aromatic carbocycles. The van der Waals surface area contributed by atoms with Crippen LogP contribution in [-0.2, 0) is 4.79 Å². The van der Waals surface area contributed by atoms with E-state index >= 15 is 0 Å². The number of likely N-dealkylation sites (N-methyl/N-ethyl adjacent to an activating group) is 1. The van der Waals surface area contributed by atoms with Gasteiger partial charge in [-0.15, -0.1) is 0 Å². The summed E-state index contributed by atoms with van der Waals surface area (Å²) in [6.07, 6.45) is 0. The smallest absolute Gasteiger partial charge is 0.244 e. The van der Waals surface area contributed by atoms with Gasteiger partial charge in [0.1, 0.15) is 6.04 Å². The first-order valence-electron chi connectivity index (χ1n) is 8.90. The maximum Gasteiger partial charge on any atom is 0.244 e. The summed E-state index contributed by atoms with van der Waals surface area (Å²) in [5.41, 5.74) is 0.939. The summed E-state index contributed by atoms with van der Waals surface area (Å²) in [6, 6.07) is 5.52. The molecule has 0 radical (unpaired) electrons. The molecule has 0 spiro atoms. The number of nitrogens with one attached hydrogen (secondary N) is 1. The Labute approximate surface area is 151 Å². The fraction of sp³-hybridized carbons (Fsp3) is 0.632. The minimum atomic E-state index is -0.301. The SMILES string of the molecule is COc1cc(C(C(=O)N(C)C)N2CCNCC2)ccc1OCC(C)C. The first-order chi connectivity index (χ1) is 11.9. The van der Waals surface area contributed by atoms with Crippen molar-refractivity contribution in [1.29, 1.82) is 0 Å². The van der Waals surface area contributed by atoms with Crippen molar-refractivity contribution in [3.8, 4) is 11.5 Å². The average Bonchev–Trinajstić information content (AvgIpc) is 2.61. The van der Waals surface area contributed by atoms with Gasteiger partial charge < -0.3 is 19.7 Å². The normalized spacial score (nSPS) is 16.6. The molecule has 1 atom stereocenters. The Kier molecular flexibility index (Phi) is 7.08. The van der Waals surface area contributed by atoms with Crippen LogP contribution in [0, 0.1) is 5.92 Å². The number of amides is 1. The number of benzene rings is 1. The number of ether oxygens (including phenoxy) is 2. The Hall–Kier alpha value is -1.79. The molecule has 1 N–H and O–H groups in total. The van der Waals surface area contributed by atoms with Crippen molar-refractivity contribution in [3.05, 3.63) is 23.8 Å². The van der Waals surface area contributed by atoms with Gasteiger partial charge in [0.05, 0.1) is 13.7 Å². The number of hydrogen-bond acceptors (Lipinski definition) is 5. The van der Waals surface area contributed by atoms with Crippen molar-refractivity contribution in [2.45, 2.75) is 19.9 Å². The van der Waals surface area contributed by atoms with E-state index in [4.69, 9.17) is 9.47 Å². The molecule has 1 aromatic rings. The number of rotatable bonds is 7. The first-order valence-corrected chi connectivity index (χ1v) is 8.90. The molecule has 1 aliphatic heterocycles. The zero-order chi connectivity index (χ0) is 18.4. The largest absolute Gasteiger partial charge is 0.493 e. The summed E-state index contributed by atoms with van der Waals surface area (Å²) in [5.74, 6) is 1.91. The van der Waals surface area contributed by atoms with Gasteiger partial charge in [-0.1, -0.05) is 19.9 Å². The molecule has 2 rings (SSSR count). The highest BCUT2D eigenvalue weighted by molar-refractivity contribution is 5.83. The number of hydrogen-bond donors (Lipinski definition) is 1. The van der Waals surface area contributed by atoms with Gasteiger partial charge in [0.2, 0.25) is 5.91 Å². The van der Waals surface area contributed by atoms with E-state index in [9.17, 15) is 4.79 Å². The quantitative estimate of drug-likeness (QED) is 0.813. The van der Waals surface area contributed by atoms with Crippen molar-refractivity contribution < 1.29 is 14.3 Å². The average molecular weight is 349 g/mol. The van der Waals surface area contributed by atoms with E-state index in [0.717, 1.165) is 37.5 Å². The van der Waals surface area contributed by atoms with E-state index in [1.165, 1.54) is 0 Å². The molecule has 1 aliphatic rings. The Morgan fingerprint density at radius 2 is 1.92 bits per heavy atom. The molecule has 0 aromatic heterocycles. The van der Waals surface area contributed by atoms with Crippen LogP contribution in [0.1, 0.15) is 25.5 Å². The molecule has 1 amide bonds. The van der Waals surface area contributed by atoms with Crippen molar-refractivity contribution in [2.24, 2.45) is 5.92 Å². The highest BCUT2D eigenvalue weighted by atomic mass is 16.5. The van der Waals surface area contributed by atoms with E-state index < -0.39 is 0 Å². The summed E-state index contributed by atoms with van der Waals surface area (Å²) in [7, 11) is 5.23.